The number of alkyl halides is 3. The number of nitrogens with zero attached hydrogens (tertiary/aromatic N) is 2. The van der Waals surface area contributed by atoms with Crippen LogP contribution in [0.3, 0.4) is 0 Å². The van der Waals surface area contributed by atoms with E-state index in [1.54, 1.807) is 49.1 Å². The lowest BCUT2D eigenvalue weighted by molar-refractivity contribution is -0.153. The molecule has 0 saturated carbocycles. The minimum absolute atomic E-state index is 0.113. The number of halogens is 3. The van der Waals surface area contributed by atoms with Crippen LogP contribution in [0.25, 0.3) is 0 Å². The monoisotopic (exact) mass is 718 g/mol. The number of esters is 1. The minimum Gasteiger partial charge on any atom is -0.456 e. The fraction of sp³-hybridized carbons (Fsp3) is 0.541. The van der Waals surface area contributed by atoms with Crippen molar-refractivity contribution >= 4 is 34.7 Å². The van der Waals surface area contributed by atoms with Gasteiger partial charge in [-0.3, -0.25) is 24.3 Å². The van der Waals surface area contributed by atoms with Crippen LogP contribution in [-0.4, -0.2) is 57.2 Å². The molecule has 13 heteroatoms. The molecule has 0 radical (unpaired) electrons. The normalized spacial score (nSPS) is 18.6. The molecule has 3 rings (SSSR count). The molecule has 2 N–H and O–H groups in total. The lowest BCUT2D eigenvalue weighted by Gasteiger charge is -2.26. The summed E-state index contributed by atoms with van der Waals surface area (Å²) in [7, 11) is 0. The Labute approximate surface area is 297 Å². The van der Waals surface area contributed by atoms with Gasteiger partial charge in [-0.2, -0.15) is 13.2 Å². The molecular weight excluding hydrogens is 669 g/mol. The summed E-state index contributed by atoms with van der Waals surface area (Å²) in [5, 5.41) is 5.73. The van der Waals surface area contributed by atoms with Crippen LogP contribution >= 0.6 is 11.8 Å². The number of aromatic nitrogens is 1. The zero-order chi connectivity index (χ0) is 36.5. The molecule has 0 spiro atoms. The predicted octanol–water partition coefficient (Wildman–Crippen LogP) is 6.74. The number of amides is 2. The number of rotatable bonds is 13. The number of carbonyl (C=O) groups excluding carboxylic acids is 4. The van der Waals surface area contributed by atoms with E-state index in [9.17, 15) is 32.3 Å². The van der Waals surface area contributed by atoms with Crippen LogP contribution in [0.1, 0.15) is 94.7 Å². The van der Waals surface area contributed by atoms with E-state index in [1.165, 1.54) is 30.3 Å². The SMILES string of the molecule is CCCCCCCC(=O)SCC/C=C/[C@@H]1CC(=O)NCc2cccc(n2)CN(Cc2ccc(C(F)(F)F)cc2)CC(=O)N[C@@H](C(C)C)C(=O)O1. The highest BCUT2D eigenvalue weighted by Crippen LogP contribution is 2.29. The molecule has 0 fully saturated rings. The number of allylic oxidation sites excluding steroid dienone is 1. The van der Waals surface area contributed by atoms with Gasteiger partial charge in [-0.25, -0.2) is 4.79 Å². The van der Waals surface area contributed by atoms with E-state index in [1.807, 2.05) is 0 Å². The second-order valence-corrected chi connectivity index (χ2v) is 14.0. The van der Waals surface area contributed by atoms with Crippen molar-refractivity contribution in [3.8, 4) is 0 Å². The zero-order valence-electron chi connectivity index (χ0n) is 29.1. The molecular formula is C37H49F3N4O5S. The third-order valence-corrected chi connectivity index (χ3v) is 9.01. The highest BCUT2D eigenvalue weighted by atomic mass is 32.2. The standard InChI is InChI=1S/C37H49F3N4O5S/c1-4-5-6-7-8-15-34(47)50-20-10-9-14-31-21-32(45)41-22-29-12-11-13-30(42-29)24-44(23-27-16-18-28(19-17-27)37(38,39)40)25-33(46)43-35(26(2)3)36(48)49-31/h9,11-14,16-19,26,31,35H,4-8,10,15,20-25H2,1-3H3,(H,41,45)(H,43,46)/b14-9+/t31-,35+/m1/s1. The van der Waals surface area contributed by atoms with Crippen molar-refractivity contribution in [2.45, 2.75) is 110 Å². The highest BCUT2D eigenvalue weighted by Gasteiger charge is 2.31. The van der Waals surface area contributed by atoms with Crippen molar-refractivity contribution in [2.75, 3.05) is 12.3 Å². The second kappa shape index (κ2) is 20.8. The highest BCUT2D eigenvalue weighted by molar-refractivity contribution is 8.13. The summed E-state index contributed by atoms with van der Waals surface area (Å²) in [6, 6.07) is 9.00. The number of fused-ring (bicyclic) bond motifs is 2. The molecule has 2 atom stereocenters. The van der Waals surface area contributed by atoms with Crippen LogP contribution in [0, 0.1) is 5.92 Å². The van der Waals surface area contributed by atoms with Gasteiger partial charge in [-0.1, -0.05) is 82.5 Å². The summed E-state index contributed by atoms with van der Waals surface area (Å²) < 4.78 is 45.2. The van der Waals surface area contributed by atoms with Crippen LogP contribution in [-0.2, 0) is 49.7 Å². The molecule has 2 bridgehead atoms. The number of pyridine rings is 1. The Morgan fingerprint density at radius 2 is 1.74 bits per heavy atom. The summed E-state index contributed by atoms with van der Waals surface area (Å²) >= 11 is 1.27. The van der Waals surface area contributed by atoms with Crippen LogP contribution in [0.5, 0.6) is 0 Å². The molecule has 9 nitrogen and oxygen atoms in total. The maximum absolute atomic E-state index is 13.4. The smallest absolute Gasteiger partial charge is 0.416 e. The number of hydrogen-bond acceptors (Lipinski definition) is 8. The van der Waals surface area contributed by atoms with Crippen LogP contribution < -0.4 is 10.6 Å². The van der Waals surface area contributed by atoms with Gasteiger partial charge in [-0.15, -0.1) is 0 Å². The Kier molecular flexibility index (Phi) is 17.0. The summed E-state index contributed by atoms with van der Waals surface area (Å²) in [4.78, 5) is 58.3. The third kappa shape index (κ3) is 15.0. The van der Waals surface area contributed by atoms with Crippen LogP contribution in [0.15, 0.2) is 54.6 Å². The van der Waals surface area contributed by atoms with Gasteiger partial charge in [0.1, 0.15) is 12.1 Å². The van der Waals surface area contributed by atoms with E-state index in [2.05, 4.69) is 22.5 Å². The van der Waals surface area contributed by atoms with Gasteiger partial charge in [-0.05, 0) is 54.7 Å². The number of thioether (sulfide) groups is 1. The van der Waals surface area contributed by atoms with E-state index in [-0.39, 0.29) is 49.5 Å². The van der Waals surface area contributed by atoms with Gasteiger partial charge >= 0.3 is 12.1 Å². The molecule has 1 aromatic heterocycles. The largest absolute Gasteiger partial charge is 0.456 e. The summed E-state index contributed by atoms with van der Waals surface area (Å²) in [6.45, 7) is 5.94. The van der Waals surface area contributed by atoms with Gasteiger partial charge < -0.3 is 15.4 Å². The van der Waals surface area contributed by atoms with E-state index in [0.29, 0.717) is 35.5 Å². The molecule has 274 valence electrons. The topological polar surface area (TPSA) is 118 Å². The zero-order valence-corrected chi connectivity index (χ0v) is 29.9. The Morgan fingerprint density at radius 3 is 2.44 bits per heavy atom. The molecule has 2 aromatic rings. The van der Waals surface area contributed by atoms with Gasteiger partial charge in [0, 0.05) is 25.3 Å². The van der Waals surface area contributed by atoms with E-state index in [4.69, 9.17) is 4.74 Å². The van der Waals surface area contributed by atoms with Crippen molar-refractivity contribution in [1.29, 1.82) is 0 Å². The van der Waals surface area contributed by atoms with Gasteiger partial charge in [0.15, 0.2) is 5.12 Å². The Morgan fingerprint density at radius 1 is 1.02 bits per heavy atom. The number of cyclic esters (lactones) is 1. The molecule has 1 aromatic carbocycles. The van der Waals surface area contributed by atoms with Crippen LogP contribution in [0.2, 0.25) is 0 Å². The van der Waals surface area contributed by atoms with E-state index < -0.39 is 35.8 Å². The molecule has 0 saturated heterocycles. The fourth-order valence-corrected chi connectivity index (χ4v) is 6.11. The Balaban J connectivity index is 1.73. The first-order valence-electron chi connectivity index (χ1n) is 17.3. The number of nitrogens with one attached hydrogen (secondary N) is 2. The first-order valence-corrected chi connectivity index (χ1v) is 18.2. The average molecular weight is 719 g/mol. The fourth-order valence-electron chi connectivity index (χ4n) is 5.34. The maximum atomic E-state index is 13.4. The van der Waals surface area contributed by atoms with E-state index >= 15 is 0 Å². The minimum atomic E-state index is -4.47. The van der Waals surface area contributed by atoms with Gasteiger partial charge in [0.2, 0.25) is 11.8 Å². The molecule has 50 heavy (non-hydrogen) atoms. The Hall–Kier alpha value is -3.71. The van der Waals surface area contributed by atoms with Crippen LogP contribution in [0.4, 0.5) is 13.2 Å². The van der Waals surface area contributed by atoms with Crippen molar-refractivity contribution in [2.24, 2.45) is 5.92 Å². The quantitative estimate of drug-likeness (QED) is 0.133. The number of carbonyl (C=O) groups is 4. The van der Waals surface area contributed by atoms with Crippen molar-refractivity contribution in [1.82, 2.24) is 20.5 Å². The average Bonchev–Trinajstić information content (AvgIpc) is 3.05. The molecule has 0 unspecified atom stereocenters. The predicted molar refractivity (Wildman–Crippen MR) is 188 cm³/mol. The first-order chi connectivity index (χ1) is 23.8. The summed E-state index contributed by atoms with van der Waals surface area (Å²) in [5.41, 5.74) is 0.950. The molecule has 1 aliphatic rings. The number of benzene rings is 1. The third-order valence-electron chi connectivity index (χ3n) is 8.05. The first kappa shape index (κ1) is 40.7. The second-order valence-electron chi connectivity index (χ2n) is 12.8. The lowest BCUT2D eigenvalue weighted by atomic mass is 10.0. The van der Waals surface area contributed by atoms with E-state index in [0.717, 1.165) is 37.8 Å². The molecule has 1 aliphatic heterocycles. The van der Waals surface area contributed by atoms with Crippen molar-refractivity contribution < 1.29 is 37.1 Å². The van der Waals surface area contributed by atoms with Gasteiger partial charge in [0.05, 0.1) is 36.5 Å². The number of hydrogen-bond donors (Lipinski definition) is 2. The lowest BCUT2D eigenvalue weighted by Crippen LogP contribution is -2.49. The Bertz CT molecular complexity index is 1430. The number of ether oxygens (including phenoxy) is 1. The molecule has 2 heterocycles. The summed E-state index contributed by atoms with van der Waals surface area (Å²) in [5.74, 6) is -1.33. The molecule has 2 amide bonds. The summed E-state index contributed by atoms with van der Waals surface area (Å²) in [6.07, 6.45) is 4.39. The number of unbranched alkanes of at least 4 members (excludes halogenated alkanes) is 4. The maximum Gasteiger partial charge on any atom is 0.416 e. The molecule has 0 aliphatic carbocycles. The van der Waals surface area contributed by atoms with Crippen molar-refractivity contribution in [3.05, 3.63) is 77.1 Å². The van der Waals surface area contributed by atoms with Crippen molar-refractivity contribution in [3.63, 3.8) is 0 Å². The van der Waals surface area contributed by atoms with Gasteiger partial charge in [0.25, 0.3) is 0 Å².